The zero-order valence-corrected chi connectivity index (χ0v) is 9.45. The van der Waals surface area contributed by atoms with Crippen LogP contribution in [0.3, 0.4) is 0 Å². The maximum atomic E-state index is 9.69. The zero-order chi connectivity index (χ0) is 11.4. The lowest BCUT2D eigenvalue weighted by Crippen LogP contribution is -2.40. The van der Waals surface area contributed by atoms with E-state index in [-0.39, 0.29) is 5.75 Å². The van der Waals surface area contributed by atoms with Crippen molar-refractivity contribution in [3.05, 3.63) is 36.4 Å². The monoisotopic (exact) mass is 218 g/mol. The molecule has 0 atom stereocenters. The Morgan fingerprint density at radius 1 is 1.19 bits per heavy atom. The highest BCUT2D eigenvalue weighted by Gasteiger charge is 2.12. The van der Waals surface area contributed by atoms with Gasteiger partial charge in [0.25, 0.3) is 0 Å². The fourth-order valence-corrected chi connectivity index (χ4v) is 1.99. The Balaban J connectivity index is 2.00. The summed E-state index contributed by atoms with van der Waals surface area (Å²) >= 11 is 0. The van der Waals surface area contributed by atoms with Crippen molar-refractivity contribution >= 4 is 5.70 Å². The Hall–Kier alpha value is -1.48. The average molecular weight is 218 g/mol. The van der Waals surface area contributed by atoms with Gasteiger partial charge in [-0.2, -0.15) is 0 Å². The number of aromatic hydroxyl groups is 1. The molecule has 0 unspecified atom stereocenters. The number of hydrogen-bond acceptors (Lipinski definition) is 3. The number of nitrogens with zero attached hydrogens (tertiary/aromatic N) is 1. The first-order valence-electron chi connectivity index (χ1n) is 5.76. The van der Waals surface area contributed by atoms with E-state index in [1.165, 1.54) is 19.3 Å². The minimum absolute atomic E-state index is 0.275. The maximum Gasteiger partial charge on any atom is 0.124 e. The molecule has 0 radical (unpaired) electrons. The van der Waals surface area contributed by atoms with Crippen LogP contribution in [0.15, 0.2) is 30.8 Å². The Morgan fingerprint density at radius 3 is 2.56 bits per heavy atom. The van der Waals surface area contributed by atoms with E-state index >= 15 is 0 Å². The molecular formula is C13H18N2O. The van der Waals surface area contributed by atoms with Crippen LogP contribution in [0.1, 0.15) is 24.8 Å². The summed E-state index contributed by atoms with van der Waals surface area (Å²) in [5.41, 5.74) is 4.79. The van der Waals surface area contributed by atoms with Gasteiger partial charge < -0.3 is 10.5 Å². The van der Waals surface area contributed by atoms with Crippen molar-refractivity contribution in [3.63, 3.8) is 0 Å². The number of rotatable bonds is 3. The number of benzene rings is 1. The Kier molecular flexibility index (Phi) is 3.47. The molecule has 86 valence electrons. The molecule has 16 heavy (non-hydrogen) atoms. The van der Waals surface area contributed by atoms with Gasteiger partial charge >= 0.3 is 0 Å². The van der Waals surface area contributed by atoms with Crippen molar-refractivity contribution in [1.29, 1.82) is 0 Å². The van der Waals surface area contributed by atoms with Crippen LogP contribution in [0.25, 0.3) is 5.70 Å². The van der Waals surface area contributed by atoms with Gasteiger partial charge in [-0.1, -0.05) is 25.1 Å². The van der Waals surface area contributed by atoms with Crippen LogP contribution in [0.2, 0.25) is 0 Å². The second kappa shape index (κ2) is 5.03. The number of phenolic OH excluding ortho intramolecular Hbond substituents is 1. The van der Waals surface area contributed by atoms with E-state index in [0.717, 1.165) is 24.4 Å². The molecule has 0 amide bonds. The van der Waals surface area contributed by atoms with Crippen LogP contribution >= 0.6 is 0 Å². The first-order valence-corrected chi connectivity index (χ1v) is 5.76. The van der Waals surface area contributed by atoms with E-state index in [2.05, 4.69) is 17.0 Å². The fourth-order valence-electron chi connectivity index (χ4n) is 1.99. The molecule has 1 aliphatic heterocycles. The van der Waals surface area contributed by atoms with Crippen molar-refractivity contribution in [1.82, 2.24) is 10.4 Å². The van der Waals surface area contributed by atoms with Crippen molar-refractivity contribution in [2.75, 3.05) is 13.1 Å². The average Bonchev–Trinajstić information content (AvgIpc) is 2.31. The van der Waals surface area contributed by atoms with E-state index < -0.39 is 0 Å². The molecule has 1 aliphatic rings. The predicted molar refractivity (Wildman–Crippen MR) is 65.7 cm³/mol. The maximum absolute atomic E-state index is 9.69. The van der Waals surface area contributed by atoms with Gasteiger partial charge in [0.2, 0.25) is 0 Å². The van der Waals surface area contributed by atoms with Gasteiger partial charge in [-0.15, -0.1) is 0 Å². The van der Waals surface area contributed by atoms with Crippen LogP contribution in [0, 0.1) is 0 Å². The molecule has 3 heteroatoms. The zero-order valence-electron chi connectivity index (χ0n) is 9.45. The van der Waals surface area contributed by atoms with Gasteiger partial charge in [-0.05, 0) is 25.0 Å². The van der Waals surface area contributed by atoms with Crippen molar-refractivity contribution < 1.29 is 5.11 Å². The molecule has 0 aliphatic carbocycles. The van der Waals surface area contributed by atoms with Crippen LogP contribution in [-0.2, 0) is 0 Å². The lowest BCUT2D eigenvalue weighted by Gasteiger charge is -2.28. The number of hydrogen-bond donors (Lipinski definition) is 2. The van der Waals surface area contributed by atoms with Gasteiger partial charge in [-0.3, -0.25) is 0 Å². The minimum atomic E-state index is 0.275. The van der Waals surface area contributed by atoms with Crippen molar-refractivity contribution in [2.45, 2.75) is 19.3 Å². The Bertz CT molecular complexity index is 370. The quantitative estimate of drug-likeness (QED) is 0.817. The number of hydrazine groups is 1. The van der Waals surface area contributed by atoms with Gasteiger partial charge in [0.15, 0.2) is 0 Å². The predicted octanol–water partition coefficient (Wildman–Crippen LogP) is 2.35. The molecule has 1 saturated heterocycles. The van der Waals surface area contributed by atoms with E-state index in [1.807, 2.05) is 18.2 Å². The van der Waals surface area contributed by atoms with Gasteiger partial charge in [0, 0.05) is 18.7 Å². The number of piperidine rings is 1. The van der Waals surface area contributed by atoms with Crippen LogP contribution in [0.5, 0.6) is 5.75 Å². The minimum Gasteiger partial charge on any atom is -0.507 e. The third kappa shape index (κ3) is 2.55. The smallest absolute Gasteiger partial charge is 0.124 e. The molecule has 1 heterocycles. The highest BCUT2D eigenvalue weighted by molar-refractivity contribution is 5.66. The van der Waals surface area contributed by atoms with Crippen molar-refractivity contribution in [2.24, 2.45) is 0 Å². The summed E-state index contributed by atoms with van der Waals surface area (Å²) < 4.78 is 0. The number of phenols is 1. The largest absolute Gasteiger partial charge is 0.507 e. The summed E-state index contributed by atoms with van der Waals surface area (Å²) in [5.74, 6) is 0.275. The SMILES string of the molecule is C=C(NN1CCCCC1)c1ccccc1O. The van der Waals surface area contributed by atoms with Crippen LogP contribution in [0.4, 0.5) is 0 Å². The lowest BCUT2D eigenvalue weighted by molar-refractivity contribution is 0.189. The van der Waals surface area contributed by atoms with Gasteiger partial charge in [0.1, 0.15) is 5.75 Å². The Labute approximate surface area is 96.4 Å². The second-order valence-electron chi connectivity index (χ2n) is 4.16. The molecule has 1 aromatic rings. The highest BCUT2D eigenvalue weighted by atomic mass is 16.3. The summed E-state index contributed by atoms with van der Waals surface area (Å²) in [6.45, 7) is 6.06. The number of nitrogens with one attached hydrogen (secondary N) is 1. The summed E-state index contributed by atoms with van der Waals surface area (Å²) in [4.78, 5) is 0. The normalized spacial score (nSPS) is 17.0. The number of para-hydroxylation sites is 1. The summed E-state index contributed by atoms with van der Waals surface area (Å²) in [7, 11) is 0. The van der Waals surface area contributed by atoms with Crippen molar-refractivity contribution in [3.8, 4) is 5.75 Å². The fraction of sp³-hybridized carbons (Fsp3) is 0.385. The van der Waals surface area contributed by atoms with E-state index in [0.29, 0.717) is 0 Å². The summed E-state index contributed by atoms with van der Waals surface area (Å²) in [5, 5.41) is 11.9. The standard InChI is InChI=1S/C13H18N2O/c1-11(12-7-3-4-8-13(12)16)14-15-9-5-2-6-10-15/h3-4,7-8,14,16H,1-2,5-6,9-10H2. The van der Waals surface area contributed by atoms with Crippen LogP contribution in [-0.4, -0.2) is 23.2 Å². The van der Waals surface area contributed by atoms with Gasteiger partial charge in [-0.25, -0.2) is 5.01 Å². The summed E-state index contributed by atoms with van der Waals surface area (Å²) in [6.07, 6.45) is 3.75. The van der Waals surface area contributed by atoms with Gasteiger partial charge in [0.05, 0.1) is 5.70 Å². The topological polar surface area (TPSA) is 35.5 Å². The molecule has 3 nitrogen and oxygen atoms in total. The third-order valence-corrected chi connectivity index (χ3v) is 2.88. The Morgan fingerprint density at radius 2 is 1.88 bits per heavy atom. The van der Waals surface area contributed by atoms with E-state index in [4.69, 9.17) is 0 Å². The van der Waals surface area contributed by atoms with E-state index in [1.54, 1.807) is 6.07 Å². The molecule has 0 bridgehead atoms. The molecule has 0 aromatic heterocycles. The highest BCUT2D eigenvalue weighted by Crippen LogP contribution is 2.22. The first-order chi connectivity index (χ1) is 7.77. The van der Waals surface area contributed by atoms with E-state index in [9.17, 15) is 5.11 Å². The molecule has 0 saturated carbocycles. The molecule has 1 fully saturated rings. The molecule has 1 aromatic carbocycles. The van der Waals surface area contributed by atoms with Crippen LogP contribution < -0.4 is 5.43 Å². The second-order valence-corrected chi connectivity index (χ2v) is 4.16. The third-order valence-electron chi connectivity index (χ3n) is 2.88. The molecule has 2 rings (SSSR count). The molecule has 2 N–H and O–H groups in total. The molecular weight excluding hydrogens is 200 g/mol. The summed E-state index contributed by atoms with van der Waals surface area (Å²) in [6, 6.07) is 7.26. The first kappa shape index (κ1) is 11.0. The molecule has 0 spiro atoms. The lowest BCUT2D eigenvalue weighted by atomic mass is 10.1.